The van der Waals surface area contributed by atoms with E-state index in [9.17, 15) is 18.0 Å². The molecular weight excluding hydrogens is 418 g/mol. The first-order valence-corrected chi connectivity index (χ1v) is 11.9. The van der Waals surface area contributed by atoms with Gasteiger partial charge in [0, 0.05) is 30.0 Å². The summed E-state index contributed by atoms with van der Waals surface area (Å²) in [6, 6.07) is 14.2. The zero-order valence-electron chi connectivity index (χ0n) is 17.1. The van der Waals surface area contributed by atoms with Gasteiger partial charge in [0.2, 0.25) is 5.91 Å². The molecule has 0 unspecified atom stereocenters. The van der Waals surface area contributed by atoms with Crippen molar-refractivity contribution in [2.75, 3.05) is 18.6 Å². The smallest absolute Gasteiger partial charge is 0.336 e. The second-order valence-electron chi connectivity index (χ2n) is 7.67. The van der Waals surface area contributed by atoms with E-state index >= 15 is 0 Å². The molecule has 0 bridgehead atoms. The van der Waals surface area contributed by atoms with Crippen LogP contribution in [-0.2, 0) is 21.1 Å². The fourth-order valence-electron chi connectivity index (χ4n) is 3.93. The number of amides is 1. The molecule has 3 aromatic rings. The van der Waals surface area contributed by atoms with Gasteiger partial charge in [0.05, 0.1) is 18.6 Å². The summed E-state index contributed by atoms with van der Waals surface area (Å²) in [6.07, 6.45) is 1.04. The summed E-state index contributed by atoms with van der Waals surface area (Å²) in [4.78, 5) is 24.5. The van der Waals surface area contributed by atoms with Crippen molar-refractivity contribution < 1.29 is 22.4 Å². The maximum Gasteiger partial charge on any atom is 0.336 e. The van der Waals surface area contributed by atoms with Gasteiger partial charge in [0.15, 0.2) is 9.84 Å². The largest absolute Gasteiger partial charge is 0.496 e. The predicted octanol–water partition coefficient (Wildman–Crippen LogP) is 2.70. The number of sulfone groups is 1. The third-order valence-electron chi connectivity index (χ3n) is 5.45. The van der Waals surface area contributed by atoms with Gasteiger partial charge in [-0.1, -0.05) is 30.3 Å². The van der Waals surface area contributed by atoms with Gasteiger partial charge >= 0.3 is 5.63 Å². The Hall–Kier alpha value is -3.13. The highest BCUT2D eigenvalue weighted by Crippen LogP contribution is 2.32. The van der Waals surface area contributed by atoms with Crippen molar-refractivity contribution in [1.29, 1.82) is 0 Å². The van der Waals surface area contributed by atoms with Crippen molar-refractivity contribution in [2.45, 2.75) is 25.3 Å². The zero-order chi connectivity index (χ0) is 22.0. The second-order valence-corrected chi connectivity index (χ2v) is 9.90. The first kappa shape index (κ1) is 21.1. The molecule has 1 N–H and O–H groups in total. The highest BCUT2D eigenvalue weighted by molar-refractivity contribution is 7.91. The molecule has 1 aromatic heterocycles. The highest BCUT2D eigenvalue weighted by Gasteiger charge is 2.28. The van der Waals surface area contributed by atoms with Crippen molar-refractivity contribution in [3.05, 3.63) is 64.5 Å². The van der Waals surface area contributed by atoms with Crippen LogP contribution in [0.25, 0.3) is 22.1 Å². The third-order valence-corrected chi connectivity index (χ3v) is 7.22. The van der Waals surface area contributed by atoms with Crippen LogP contribution in [0.15, 0.2) is 57.7 Å². The molecule has 1 atom stereocenters. The lowest BCUT2D eigenvalue weighted by atomic mass is 9.98. The van der Waals surface area contributed by atoms with Crippen LogP contribution in [0.3, 0.4) is 0 Å². The van der Waals surface area contributed by atoms with E-state index in [0.717, 1.165) is 22.1 Å². The molecule has 4 rings (SSSR count). The van der Waals surface area contributed by atoms with Gasteiger partial charge in [-0.3, -0.25) is 4.79 Å². The number of ether oxygens (including phenoxy) is 1. The van der Waals surface area contributed by atoms with Crippen LogP contribution < -0.4 is 15.7 Å². The molecule has 1 aliphatic rings. The van der Waals surface area contributed by atoms with Crippen LogP contribution in [0.1, 0.15) is 18.4 Å². The van der Waals surface area contributed by atoms with Crippen molar-refractivity contribution in [3.63, 3.8) is 0 Å². The summed E-state index contributed by atoms with van der Waals surface area (Å²) >= 11 is 0. The van der Waals surface area contributed by atoms with Crippen LogP contribution in [-0.4, -0.2) is 39.0 Å². The second kappa shape index (κ2) is 8.55. The SMILES string of the molecule is COc1cc2oc(=O)cc(-c3ccccc3)c2cc1CCC(=O)N[C@H]1CCS(=O)(=O)C1. The number of hydrogen-bond acceptors (Lipinski definition) is 6. The minimum atomic E-state index is -3.05. The van der Waals surface area contributed by atoms with E-state index in [4.69, 9.17) is 9.15 Å². The number of carbonyl (C=O) groups is 1. The molecule has 0 saturated carbocycles. The molecule has 1 saturated heterocycles. The van der Waals surface area contributed by atoms with Crippen LogP contribution in [0.2, 0.25) is 0 Å². The minimum Gasteiger partial charge on any atom is -0.496 e. The van der Waals surface area contributed by atoms with E-state index in [1.807, 2.05) is 36.4 Å². The van der Waals surface area contributed by atoms with Crippen LogP contribution >= 0.6 is 0 Å². The molecule has 7 nitrogen and oxygen atoms in total. The number of nitrogens with one attached hydrogen (secondary N) is 1. The normalized spacial score (nSPS) is 17.5. The molecule has 2 heterocycles. The van der Waals surface area contributed by atoms with Crippen molar-refractivity contribution in [1.82, 2.24) is 5.32 Å². The first-order valence-electron chi connectivity index (χ1n) is 10.0. The Labute approximate surface area is 180 Å². The van der Waals surface area contributed by atoms with E-state index in [-0.39, 0.29) is 29.9 Å². The van der Waals surface area contributed by atoms with Gasteiger partial charge in [0.1, 0.15) is 11.3 Å². The minimum absolute atomic E-state index is 0.00248. The van der Waals surface area contributed by atoms with Gasteiger partial charge in [-0.05, 0) is 35.6 Å². The Bertz CT molecular complexity index is 1280. The Morgan fingerprint density at radius 3 is 2.65 bits per heavy atom. The van der Waals surface area contributed by atoms with Gasteiger partial charge in [-0.2, -0.15) is 0 Å². The monoisotopic (exact) mass is 441 g/mol. The topological polar surface area (TPSA) is 103 Å². The molecule has 0 aliphatic carbocycles. The zero-order valence-corrected chi connectivity index (χ0v) is 17.9. The summed E-state index contributed by atoms with van der Waals surface area (Å²) in [5.41, 5.74) is 2.39. The quantitative estimate of drug-likeness (QED) is 0.590. The first-order chi connectivity index (χ1) is 14.8. The molecule has 0 radical (unpaired) electrons. The van der Waals surface area contributed by atoms with E-state index in [0.29, 0.717) is 24.2 Å². The molecule has 1 aliphatic heterocycles. The van der Waals surface area contributed by atoms with Crippen molar-refractivity contribution >= 4 is 26.7 Å². The van der Waals surface area contributed by atoms with Crippen molar-refractivity contribution in [3.8, 4) is 16.9 Å². The predicted molar refractivity (Wildman–Crippen MR) is 118 cm³/mol. The molecule has 2 aromatic carbocycles. The molecule has 8 heteroatoms. The fourth-order valence-corrected chi connectivity index (χ4v) is 5.61. The summed E-state index contributed by atoms with van der Waals surface area (Å²) < 4.78 is 34.0. The number of aryl methyl sites for hydroxylation is 1. The number of rotatable bonds is 6. The van der Waals surface area contributed by atoms with Crippen LogP contribution in [0, 0.1) is 0 Å². The lowest BCUT2D eigenvalue weighted by Gasteiger charge is -2.14. The number of methoxy groups -OCH3 is 1. The number of hydrogen-bond donors (Lipinski definition) is 1. The average molecular weight is 442 g/mol. The Morgan fingerprint density at radius 2 is 1.97 bits per heavy atom. The Morgan fingerprint density at radius 1 is 1.19 bits per heavy atom. The summed E-state index contributed by atoms with van der Waals surface area (Å²) in [5, 5.41) is 3.56. The lowest BCUT2D eigenvalue weighted by Crippen LogP contribution is -2.35. The standard InChI is InChI=1S/C23H23NO6S/c1-29-20-13-21-19(18(12-23(26)30-21)15-5-3-2-4-6-15)11-16(20)7-8-22(25)24-17-9-10-31(27,28)14-17/h2-6,11-13,17H,7-10,14H2,1H3,(H,24,25)/t17-/m0/s1. The maximum absolute atomic E-state index is 12.4. The molecule has 31 heavy (non-hydrogen) atoms. The summed E-state index contributed by atoms with van der Waals surface area (Å²) in [5.74, 6) is 0.436. The van der Waals surface area contributed by atoms with E-state index in [1.54, 1.807) is 6.07 Å². The van der Waals surface area contributed by atoms with E-state index < -0.39 is 15.5 Å². The van der Waals surface area contributed by atoms with Crippen LogP contribution in [0.5, 0.6) is 5.75 Å². The van der Waals surface area contributed by atoms with E-state index in [1.165, 1.54) is 13.2 Å². The van der Waals surface area contributed by atoms with Gasteiger partial charge in [0.25, 0.3) is 0 Å². The average Bonchev–Trinajstić information content (AvgIpc) is 3.09. The molecule has 162 valence electrons. The summed E-state index contributed by atoms with van der Waals surface area (Å²) in [6.45, 7) is 0. The van der Waals surface area contributed by atoms with Gasteiger partial charge in [-0.15, -0.1) is 0 Å². The number of carbonyl (C=O) groups excluding carboxylic acids is 1. The Balaban J connectivity index is 1.61. The van der Waals surface area contributed by atoms with Crippen molar-refractivity contribution in [2.24, 2.45) is 0 Å². The van der Waals surface area contributed by atoms with Gasteiger partial charge in [-0.25, -0.2) is 13.2 Å². The fraction of sp³-hybridized carbons (Fsp3) is 0.304. The molecule has 1 fully saturated rings. The number of benzene rings is 2. The summed E-state index contributed by atoms with van der Waals surface area (Å²) in [7, 11) is -1.53. The molecule has 0 spiro atoms. The molecular formula is C23H23NO6S. The lowest BCUT2D eigenvalue weighted by molar-refractivity contribution is -0.121. The Kier molecular flexibility index (Phi) is 5.82. The third kappa shape index (κ3) is 4.80. The molecule has 1 amide bonds. The van der Waals surface area contributed by atoms with Crippen LogP contribution in [0.4, 0.5) is 0 Å². The van der Waals surface area contributed by atoms with Gasteiger partial charge < -0.3 is 14.5 Å². The van der Waals surface area contributed by atoms with E-state index in [2.05, 4.69) is 5.32 Å². The highest BCUT2D eigenvalue weighted by atomic mass is 32.2. The maximum atomic E-state index is 12.4. The number of fused-ring (bicyclic) bond motifs is 1.